The minimum absolute atomic E-state index is 0.215. The van der Waals surface area contributed by atoms with Crippen LogP contribution in [-0.4, -0.2) is 24.5 Å². The number of nitrogens with zero attached hydrogens (tertiary/aromatic N) is 2. The van der Waals surface area contributed by atoms with Crippen molar-refractivity contribution in [1.82, 2.24) is 10.3 Å². The van der Waals surface area contributed by atoms with Crippen LogP contribution >= 0.6 is 0 Å². The van der Waals surface area contributed by atoms with Crippen molar-refractivity contribution in [3.05, 3.63) is 96.1 Å². The molecule has 4 nitrogen and oxygen atoms in total. The molecule has 1 aromatic heterocycles. The fraction of sp³-hybridized carbons (Fsp3) is 0.214. The maximum atomic E-state index is 6.00. The number of nitrogens with one attached hydrogen (secondary N) is 1. The first-order chi connectivity index (χ1) is 15.8. The molecule has 1 N–H and O–H groups in total. The van der Waals surface area contributed by atoms with E-state index in [1.807, 2.05) is 30.3 Å². The number of aliphatic imine (C=N–C) groups is 1. The molecular formula is C28H27N3O. The van der Waals surface area contributed by atoms with E-state index in [0.717, 1.165) is 52.2 Å². The molecule has 0 fully saturated rings. The first kappa shape index (κ1) is 20.3. The molecule has 1 aliphatic rings. The van der Waals surface area contributed by atoms with Crippen molar-refractivity contribution in [3.8, 4) is 17.0 Å². The van der Waals surface area contributed by atoms with E-state index in [1.54, 1.807) is 7.11 Å². The molecule has 0 aliphatic carbocycles. The van der Waals surface area contributed by atoms with E-state index in [0.29, 0.717) is 6.54 Å². The third-order valence-corrected chi connectivity index (χ3v) is 6.20. The van der Waals surface area contributed by atoms with Gasteiger partial charge in [0.25, 0.3) is 0 Å². The van der Waals surface area contributed by atoms with E-state index in [9.17, 15) is 0 Å². The smallest absolute Gasteiger partial charge is 0.156 e. The molecule has 32 heavy (non-hydrogen) atoms. The number of hydrogen-bond donors (Lipinski definition) is 1. The number of hydrogen-bond acceptors (Lipinski definition) is 4. The summed E-state index contributed by atoms with van der Waals surface area (Å²) >= 11 is 0. The largest absolute Gasteiger partial charge is 0.494 e. The Balaban J connectivity index is 1.69. The van der Waals surface area contributed by atoms with E-state index in [1.165, 1.54) is 5.56 Å². The minimum Gasteiger partial charge on any atom is -0.494 e. The maximum absolute atomic E-state index is 6.00. The SMILES string of the molecule is CCCC1(c2ccccc2)CN=C(c2c(OC)c(-c3ccccc3)nc3ccccc23)N1. The lowest BCUT2D eigenvalue weighted by Crippen LogP contribution is -2.43. The van der Waals surface area contributed by atoms with Crippen molar-refractivity contribution in [2.75, 3.05) is 13.7 Å². The number of fused-ring (bicyclic) bond motifs is 1. The molecule has 0 saturated heterocycles. The van der Waals surface area contributed by atoms with Gasteiger partial charge in [-0.05, 0) is 18.1 Å². The predicted octanol–water partition coefficient (Wildman–Crippen LogP) is 5.96. The molecule has 160 valence electrons. The van der Waals surface area contributed by atoms with Crippen molar-refractivity contribution in [2.45, 2.75) is 25.3 Å². The summed E-state index contributed by atoms with van der Waals surface area (Å²) in [6, 6.07) is 29.1. The molecule has 0 bridgehead atoms. The number of ether oxygens (including phenoxy) is 1. The van der Waals surface area contributed by atoms with Gasteiger partial charge in [0.2, 0.25) is 0 Å². The second-order valence-electron chi connectivity index (χ2n) is 8.24. The molecular weight excluding hydrogens is 394 g/mol. The molecule has 0 radical (unpaired) electrons. The molecule has 0 saturated carbocycles. The lowest BCUT2D eigenvalue weighted by Gasteiger charge is -2.30. The highest BCUT2D eigenvalue weighted by molar-refractivity contribution is 6.13. The van der Waals surface area contributed by atoms with Crippen LogP contribution in [0.1, 0.15) is 30.9 Å². The molecule has 4 heteroatoms. The Bertz CT molecular complexity index is 1270. The third-order valence-electron chi connectivity index (χ3n) is 6.20. The summed E-state index contributed by atoms with van der Waals surface area (Å²) in [6.07, 6.45) is 2.06. The molecule has 1 aliphatic heterocycles. The van der Waals surface area contributed by atoms with Gasteiger partial charge in [-0.25, -0.2) is 4.98 Å². The quantitative estimate of drug-likeness (QED) is 0.418. The monoisotopic (exact) mass is 421 g/mol. The van der Waals surface area contributed by atoms with Gasteiger partial charge in [0.05, 0.1) is 30.3 Å². The Labute approximate surface area is 189 Å². The second kappa shape index (κ2) is 8.46. The van der Waals surface area contributed by atoms with E-state index in [2.05, 4.69) is 66.8 Å². The number of methoxy groups -OCH3 is 1. The summed E-state index contributed by atoms with van der Waals surface area (Å²) in [5.74, 6) is 1.62. The van der Waals surface area contributed by atoms with E-state index < -0.39 is 0 Å². The van der Waals surface area contributed by atoms with Gasteiger partial charge in [0.15, 0.2) is 5.75 Å². The Morgan fingerprint density at radius 2 is 1.59 bits per heavy atom. The standard InChI is InChI=1S/C28H27N3O/c1-3-18-28(21-14-8-5-9-15-21)19-29-27(31-28)24-22-16-10-11-17-23(22)30-25(26(24)32-2)20-12-6-4-7-13-20/h4-17H,3,18-19H2,1-2H3,(H,29,31). The van der Waals surface area contributed by atoms with Crippen LogP contribution in [0.25, 0.3) is 22.2 Å². The Morgan fingerprint density at radius 3 is 2.31 bits per heavy atom. The van der Waals surface area contributed by atoms with Crippen LogP contribution in [0, 0.1) is 0 Å². The number of rotatable bonds is 6. The van der Waals surface area contributed by atoms with E-state index in [-0.39, 0.29) is 5.54 Å². The van der Waals surface area contributed by atoms with E-state index >= 15 is 0 Å². The molecule has 5 rings (SSSR count). The molecule has 0 spiro atoms. The molecule has 1 atom stereocenters. The van der Waals surface area contributed by atoms with Crippen molar-refractivity contribution < 1.29 is 4.74 Å². The van der Waals surface area contributed by atoms with Gasteiger partial charge in [-0.1, -0.05) is 92.2 Å². The average molecular weight is 422 g/mol. The fourth-order valence-electron chi connectivity index (χ4n) is 4.71. The normalized spacial score (nSPS) is 17.8. The Kier molecular flexibility index (Phi) is 5.36. The van der Waals surface area contributed by atoms with Crippen LogP contribution in [-0.2, 0) is 5.54 Å². The fourth-order valence-corrected chi connectivity index (χ4v) is 4.71. The van der Waals surface area contributed by atoms with Gasteiger partial charge in [0, 0.05) is 10.9 Å². The highest BCUT2D eigenvalue weighted by Gasteiger charge is 2.38. The van der Waals surface area contributed by atoms with Gasteiger partial charge < -0.3 is 10.1 Å². The highest BCUT2D eigenvalue weighted by Crippen LogP contribution is 2.39. The number of para-hydroxylation sites is 1. The summed E-state index contributed by atoms with van der Waals surface area (Å²) in [4.78, 5) is 10.0. The van der Waals surface area contributed by atoms with Crippen LogP contribution < -0.4 is 10.1 Å². The zero-order valence-corrected chi connectivity index (χ0v) is 18.5. The van der Waals surface area contributed by atoms with Crippen LogP contribution in [0.4, 0.5) is 0 Å². The number of pyridine rings is 1. The second-order valence-corrected chi connectivity index (χ2v) is 8.24. The zero-order valence-electron chi connectivity index (χ0n) is 18.5. The van der Waals surface area contributed by atoms with Gasteiger partial charge >= 0.3 is 0 Å². The van der Waals surface area contributed by atoms with Crippen LogP contribution in [0.15, 0.2) is 89.9 Å². The molecule has 4 aromatic rings. The first-order valence-corrected chi connectivity index (χ1v) is 11.2. The van der Waals surface area contributed by atoms with Gasteiger partial charge in [0.1, 0.15) is 11.5 Å². The van der Waals surface area contributed by atoms with Crippen LogP contribution in [0.2, 0.25) is 0 Å². The summed E-state index contributed by atoms with van der Waals surface area (Å²) in [7, 11) is 1.72. The van der Waals surface area contributed by atoms with Crippen molar-refractivity contribution in [3.63, 3.8) is 0 Å². The average Bonchev–Trinajstić information content (AvgIpc) is 3.29. The number of aromatic nitrogens is 1. The number of benzene rings is 3. The van der Waals surface area contributed by atoms with Crippen molar-refractivity contribution in [1.29, 1.82) is 0 Å². The lowest BCUT2D eigenvalue weighted by atomic mass is 9.86. The minimum atomic E-state index is -0.215. The summed E-state index contributed by atoms with van der Waals surface area (Å²) in [5.41, 5.74) is 4.82. The molecule has 0 amide bonds. The predicted molar refractivity (Wildman–Crippen MR) is 131 cm³/mol. The van der Waals surface area contributed by atoms with Gasteiger partial charge in [-0.15, -0.1) is 0 Å². The van der Waals surface area contributed by atoms with E-state index in [4.69, 9.17) is 14.7 Å². The maximum Gasteiger partial charge on any atom is 0.156 e. The molecule has 3 aromatic carbocycles. The summed E-state index contributed by atoms with van der Waals surface area (Å²) in [5, 5.41) is 4.86. The Morgan fingerprint density at radius 1 is 0.906 bits per heavy atom. The van der Waals surface area contributed by atoms with Gasteiger partial charge in [-0.2, -0.15) is 0 Å². The van der Waals surface area contributed by atoms with Gasteiger partial charge in [-0.3, -0.25) is 4.99 Å². The zero-order chi connectivity index (χ0) is 22.0. The lowest BCUT2D eigenvalue weighted by molar-refractivity contribution is 0.391. The summed E-state index contributed by atoms with van der Waals surface area (Å²) in [6.45, 7) is 2.92. The van der Waals surface area contributed by atoms with Crippen molar-refractivity contribution >= 4 is 16.7 Å². The summed E-state index contributed by atoms with van der Waals surface area (Å²) < 4.78 is 6.00. The van der Waals surface area contributed by atoms with Crippen LogP contribution in [0.3, 0.4) is 0 Å². The first-order valence-electron chi connectivity index (χ1n) is 11.2. The Hall–Kier alpha value is -3.66. The topological polar surface area (TPSA) is 46.5 Å². The molecule has 2 heterocycles. The highest BCUT2D eigenvalue weighted by atomic mass is 16.5. The van der Waals surface area contributed by atoms with Crippen molar-refractivity contribution in [2.24, 2.45) is 4.99 Å². The van der Waals surface area contributed by atoms with Crippen LogP contribution in [0.5, 0.6) is 5.75 Å². The third kappa shape index (κ3) is 3.42. The molecule has 1 unspecified atom stereocenters. The number of amidine groups is 1.